The van der Waals surface area contributed by atoms with Gasteiger partial charge in [0.05, 0.1) is 18.1 Å². The third-order valence-electron chi connectivity index (χ3n) is 3.83. The predicted octanol–water partition coefficient (Wildman–Crippen LogP) is 2.98. The molecule has 124 valence electrons. The number of ether oxygens (including phenoxy) is 2. The van der Waals surface area contributed by atoms with Crippen molar-refractivity contribution in [1.82, 2.24) is 14.9 Å². The lowest BCUT2D eigenvalue weighted by Gasteiger charge is -2.39. The molecule has 0 saturated carbocycles. The number of methoxy groups -OCH3 is 1. The van der Waals surface area contributed by atoms with Gasteiger partial charge >= 0.3 is 6.09 Å². The Balaban J connectivity index is 1.57. The monoisotopic (exact) mass is 317 g/mol. The number of likely N-dealkylation sites (tertiary alicyclic amines) is 1. The van der Waals surface area contributed by atoms with Gasteiger partial charge in [-0.2, -0.15) is 0 Å². The van der Waals surface area contributed by atoms with Gasteiger partial charge in [-0.25, -0.2) is 9.78 Å². The van der Waals surface area contributed by atoms with Gasteiger partial charge in [-0.05, 0) is 32.9 Å². The summed E-state index contributed by atoms with van der Waals surface area (Å²) in [6, 6.07) is 5.79. The Kier molecular flexibility index (Phi) is 3.92. The highest BCUT2D eigenvalue weighted by Gasteiger charge is 2.34. The van der Waals surface area contributed by atoms with Crippen LogP contribution in [-0.4, -0.2) is 46.8 Å². The van der Waals surface area contributed by atoms with Crippen LogP contribution in [0.5, 0.6) is 5.75 Å². The number of imidazole rings is 1. The van der Waals surface area contributed by atoms with Crippen molar-refractivity contribution in [2.24, 2.45) is 5.92 Å². The van der Waals surface area contributed by atoms with E-state index in [9.17, 15) is 4.79 Å². The maximum Gasteiger partial charge on any atom is 0.410 e. The first-order valence-electron chi connectivity index (χ1n) is 7.84. The highest BCUT2D eigenvalue weighted by Crippen LogP contribution is 2.24. The molecule has 1 aliphatic rings. The van der Waals surface area contributed by atoms with Crippen LogP contribution in [0.15, 0.2) is 18.2 Å². The fourth-order valence-electron chi connectivity index (χ4n) is 2.71. The molecule has 1 amide bonds. The van der Waals surface area contributed by atoms with Gasteiger partial charge in [-0.3, -0.25) is 0 Å². The number of carbonyl (C=O) groups excluding carboxylic acids is 1. The van der Waals surface area contributed by atoms with Gasteiger partial charge in [0.2, 0.25) is 0 Å². The Labute approximate surface area is 135 Å². The zero-order valence-corrected chi connectivity index (χ0v) is 14.0. The van der Waals surface area contributed by atoms with Crippen molar-refractivity contribution in [2.75, 3.05) is 20.2 Å². The summed E-state index contributed by atoms with van der Waals surface area (Å²) in [4.78, 5) is 21.6. The molecule has 1 aromatic heterocycles. The third kappa shape index (κ3) is 3.57. The fraction of sp³-hybridized carbons (Fsp3) is 0.529. The zero-order valence-electron chi connectivity index (χ0n) is 14.0. The minimum Gasteiger partial charge on any atom is -0.497 e. The summed E-state index contributed by atoms with van der Waals surface area (Å²) in [7, 11) is 1.65. The molecule has 23 heavy (non-hydrogen) atoms. The number of aromatic amines is 1. The Morgan fingerprint density at radius 1 is 1.39 bits per heavy atom. The molecule has 3 rings (SSSR count). The lowest BCUT2D eigenvalue weighted by molar-refractivity contribution is -0.00111. The lowest BCUT2D eigenvalue weighted by Crippen LogP contribution is -2.52. The summed E-state index contributed by atoms with van der Waals surface area (Å²) in [5.74, 6) is 2.18. The molecule has 0 radical (unpaired) electrons. The summed E-state index contributed by atoms with van der Waals surface area (Å²) >= 11 is 0. The van der Waals surface area contributed by atoms with E-state index >= 15 is 0 Å². The van der Waals surface area contributed by atoms with Crippen molar-refractivity contribution in [3.63, 3.8) is 0 Å². The van der Waals surface area contributed by atoms with Crippen LogP contribution in [0.1, 0.15) is 26.6 Å². The molecule has 1 N–H and O–H groups in total. The van der Waals surface area contributed by atoms with E-state index in [2.05, 4.69) is 9.97 Å². The van der Waals surface area contributed by atoms with Crippen LogP contribution in [0, 0.1) is 5.92 Å². The normalized spacial score (nSPS) is 15.6. The topological polar surface area (TPSA) is 67.4 Å². The van der Waals surface area contributed by atoms with Crippen LogP contribution in [0.4, 0.5) is 4.79 Å². The molecule has 1 aromatic carbocycles. The molecule has 0 unspecified atom stereocenters. The van der Waals surface area contributed by atoms with Gasteiger partial charge in [-0.15, -0.1) is 0 Å². The number of hydrogen-bond donors (Lipinski definition) is 1. The minimum absolute atomic E-state index is 0.233. The van der Waals surface area contributed by atoms with Gasteiger partial charge in [0.1, 0.15) is 17.2 Å². The Morgan fingerprint density at radius 2 is 2.13 bits per heavy atom. The standard InChI is InChI=1S/C17H23N3O3/c1-17(2,3)23-16(21)20-9-11(10-20)7-15-18-13-6-5-12(22-4)8-14(13)19-15/h5-6,8,11H,7,9-10H2,1-4H3,(H,18,19). The number of amides is 1. The maximum atomic E-state index is 11.9. The number of carbonyl (C=O) groups is 1. The highest BCUT2D eigenvalue weighted by atomic mass is 16.6. The zero-order chi connectivity index (χ0) is 16.6. The number of fused-ring (bicyclic) bond motifs is 1. The van der Waals surface area contributed by atoms with Crippen molar-refractivity contribution < 1.29 is 14.3 Å². The molecular formula is C17H23N3O3. The largest absolute Gasteiger partial charge is 0.497 e. The number of rotatable bonds is 3. The van der Waals surface area contributed by atoms with Crippen LogP contribution in [0.2, 0.25) is 0 Å². The van der Waals surface area contributed by atoms with Gasteiger partial charge in [0.25, 0.3) is 0 Å². The second-order valence-corrected chi connectivity index (χ2v) is 7.02. The number of nitrogens with zero attached hydrogens (tertiary/aromatic N) is 2. The summed E-state index contributed by atoms with van der Waals surface area (Å²) in [5.41, 5.74) is 1.46. The van der Waals surface area contributed by atoms with E-state index in [-0.39, 0.29) is 6.09 Å². The van der Waals surface area contributed by atoms with Crippen molar-refractivity contribution in [3.8, 4) is 5.75 Å². The maximum absolute atomic E-state index is 11.9. The Hall–Kier alpha value is -2.24. The number of benzene rings is 1. The number of nitrogens with one attached hydrogen (secondary N) is 1. The quantitative estimate of drug-likeness (QED) is 0.945. The van der Waals surface area contributed by atoms with Crippen molar-refractivity contribution >= 4 is 17.1 Å². The van der Waals surface area contributed by atoms with Gasteiger partial charge in [0, 0.05) is 31.5 Å². The van der Waals surface area contributed by atoms with Gasteiger partial charge < -0.3 is 19.4 Å². The molecule has 0 spiro atoms. The first-order chi connectivity index (χ1) is 10.8. The molecule has 6 nitrogen and oxygen atoms in total. The van der Waals surface area contributed by atoms with Crippen LogP contribution in [0.25, 0.3) is 11.0 Å². The number of H-pyrrole nitrogens is 1. The molecule has 1 aliphatic heterocycles. The lowest BCUT2D eigenvalue weighted by atomic mass is 9.97. The smallest absolute Gasteiger partial charge is 0.410 e. The summed E-state index contributed by atoms with van der Waals surface area (Å²) < 4.78 is 10.6. The van der Waals surface area contributed by atoms with Crippen LogP contribution in [0.3, 0.4) is 0 Å². The van der Waals surface area contributed by atoms with Crippen LogP contribution < -0.4 is 4.74 Å². The van der Waals surface area contributed by atoms with E-state index in [1.807, 2.05) is 39.0 Å². The van der Waals surface area contributed by atoms with E-state index in [0.717, 1.165) is 42.1 Å². The second-order valence-electron chi connectivity index (χ2n) is 7.02. The summed E-state index contributed by atoms with van der Waals surface area (Å²) in [6.07, 6.45) is 0.596. The van der Waals surface area contributed by atoms with Crippen molar-refractivity contribution in [2.45, 2.75) is 32.8 Å². The van der Waals surface area contributed by atoms with Crippen molar-refractivity contribution in [1.29, 1.82) is 0 Å². The third-order valence-corrected chi connectivity index (χ3v) is 3.83. The molecule has 2 heterocycles. The number of aromatic nitrogens is 2. The predicted molar refractivity (Wildman–Crippen MR) is 87.6 cm³/mol. The number of hydrogen-bond acceptors (Lipinski definition) is 4. The second kappa shape index (κ2) is 5.76. The Morgan fingerprint density at radius 3 is 2.78 bits per heavy atom. The average molecular weight is 317 g/mol. The van der Waals surface area contributed by atoms with E-state index in [0.29, 0.717) is 5.92 Å². The molecule has 6 heteroatoms. The Bertz CT molecular complexity index is 711. The molecular weight excluding hydrogens is 294 g/mol. The van der Waals surface area contributed by atoms with E-state index in [1.54, 1.807) is 12.0 Å². The van der Waals surface area contributed by atoms with E-state index < -0.39 is 5.60 Å². The van der Waals surface area contributed by atoms with E-state index in [4.69, 9.17) is 9.47 Å². The van der Waals surface area contributed by atoms with Gasteiger partial charge in [-0.1, -0.05) is 0 Å². The highest BCUT2D eigenvalue weighted by molar-refractivity contribution is 5.76. The molecule has 1 fully saturated rings. The molecule has 0 atom stereocenters. The average Bonchev–Trinajstić information content (AvgIpc) is 2.81. The van der Waals surface area contributed by atoms with Crippen LogP contribution >= 0.6 is 0 Å². The fourth-order valence-corrected chi connectivity index (χ4v) is 2.71. The van der Waals surface area contributed by atoms with Gasteiger partial charge in [0.15, 0.2) is 0 Å². The summed E-state index contributed by atoms with van der Waals surface area (Å²) in [6.45, 7) is 7.07. The van der Waals surface area contributed by atoms with E-state index in [1.165, 1.54) is 0 Å². The molecule has 2 aromatic rings. The van der Waals surface area contributed by atoms with Crippen molar-refractivity contribution in [3.05, 3.63) is 24.0 Å². The molecule has 0 aliphatic carbocycles. The summed E-state index contributed by atoms with van der Waals surface area (Å²) in [5, 5.41) is 0. The molecule has 1 saturated heterocycles. The minimum atomic E-state index is -0.444. The first-order valence-corrected chi connectivity index (χ1v) is 7.84. The molecule has 0 bridgehead atoms. The first kappa shape index (κ1) is 15.6. The SMILES string of the molecule is COc1ccc2nc(CC3CN(C(=O)OC(C)(C)C)C3)[nH]c2c1. The van der Waals surface area contributed by atoms with Crippen LogP contribution in [-0.2, 0) is 11.2 Å².